The molecular formula is C25H27BrFN5O. The number of aryl methyl sites for hydroxylation is 2. The monoisotopic (exact) mass is 511 g/mol. The first-order chi connectivity index (χ1) is 15.9. The second kappa shape index (κ2) is 10.3. The summed E-state index contributed by atoms with van der Waals surface area (Å²) >= 11 is 3.47. The summed E-state index contributed by atoms with van der Waals surface area (Å²) in [5.74, 6) is 1.36. The number of amides is 2. The summed E-state index contributed by atoms with van der Waals surface area (Å²) < 4.78 is 14.6. The van der Waals surface area contributed by atoms with Gasteiger partial charge in [-0.15, -0.1) is 0 Å². The van der Waals surface area contributed by atoms with Gasteiger partial charge in [-0.3, -0.25) is 0 Å². The standard InChI is InChI=1S/C25H27BrFN5O/c1-3-22-20(16-18-7-6-8-19(27)15-18)24(29-17(2)28-22)31-11-13-32(14-12-31)25(33)30-23-10-5-4-9-21(23)26/h4-10,15H,3,11-14,16H2,1-2H3,(H,30,33). The molecule has 8 heteroatoms. The molecule has 3 aromatic rings. The minimum atomic E-state index is -0.246. The molecule has 0 unspecified atom stereocenters. The van der Waals surface area contributed by atoms with Crippen LogP contribution in [0, 0.1) is 12.7 Å². The molecule has 1 fully saturated rings. The van der Waals surface area contributed by atoms with Crippen LogP contribution < -0.4 is 10.2 Å². The van der Waals surface area contributed by atoms with Crippen LogP contribution in [0.2, 0.25) is 0 Å². The first kappa shape index (κ1) is 23.2. The van der Waals surface area contributed by atoms with Crippen molar-refractivity contribution in [1.29, 1.82) is 0 Å². The molecule has 0 saturated carbocycles. The molecule has 2 aromatic carbocycles. The van der Waals surface area contributed by atoms with E-state index < -0.39 is 0 Å². The molecule has 0 radical (unpaired) electrons. The molecule has 1 N–H and O–H groups in total. The number of benzene rings is 2. The van der Waals surface area contributed by atoms with Crippen molar-refractivity contribution in [2.24, 2.45) is 0 Å². The van der Waals surface area contributed by atoms with Crippen LogP contribution in [0.5, 0.6) is 0 Å². The van der Waals surface area contributed by atoms with Gasteiger partial charge in [0, 0.05) is 48.3 Å². The quantitative estimate of drug-likeness (QED) is 0.511. The summed E-state index contributed by atoms with van der Waals surface area (Å²) in [6.07, 6.45) is 1.34. The van der Waals surface area contributed by atoms with E-state index in [1.165, 1.54) is 6.07 Å². The van der Waals surface area contributed by atoms with Crippen molar-refractivity contribution < 1.29 is 9.18 Å². The van der Waals surface area contributed by atoms with Gasteiger partial charge in [0.2, 0.25) is 0 Å². The van der Waals surface area contributed by atoms with Crippen molar-refractivity contribution >= 4 is 33.5 Å². The van der Waals surface area contributed by atoms with E-state index in [0.29, 0.717) is 32.6 Å². The van der Waals surface area contributed by atoms with E-state index in [0.717, 1.165) is 45.0 Å². The van der Waals surface area contributed by atoms with Crippen LogP contribution in [0.15, 0.2) is 53.0 Å². The van der Waals surface area contributed by atoms with Crippen molar-refractivity contribution in [3.8, 4) is 0 Å². The van der Waals surface area contributed by atoms with Crippen molar-refractivity contribution in [3.05, 3.63) is 81.5 Å². The number of aromatic nitrogens is 2. The Bertz CT molecular complexity index is 1150. The topological polar surface area (TPSA) is 61.4 Å². The number of urea groups is 1. The Balaban J connectivity index is 1.51. The normalized spacial score (nSPS) is 13.8. The maximum absolute atomic E-state index is 13.8. The second-order valence-corrected chi connectivity index (χ2v) is 8.92. The summed E-state index contributed by atoms with van der Waals surface area (Å²) in [7, 11) is 0. The van der Waals surface area contributed by atoms with E-state index in [4.69, 9.17) is 4.98 Å². The highest BCUT2D eigenvalue weighted by Crippen LogP contribution is 2.27. The third-order valence-electron chi connectivity index (χ3n) is 5.77. The number of para-hydroxylation sites is 1. The van der Waals surface area contributed by atoms with Crippen molar-refractivity contribution in [1.82, 2.24) is 14.9 Å². The first-order valence-electron chi connectivity index (χ1n) is 11.1. The lowest BCUT2D eigenvalue weighted by molar-refractivity contribution is 0.208. The summed E-state index contributed by atoms with van der Waals surface area (Å²) in [5, 5.41) is 2.97. The molecule has 0 atom stereocenters. The lowest BCUT2D eigenvalue weighted by Gasteiger charge is -2.36. The van der Waals surface area contributed by atoms with Gasteiger partial charge in [0.05, 0.1) is 5.69 Å². The zero-order valence-corrected chi connectivity index (χ0v) is 20.4. The number of anilines is 2. The molecule has 0 bridgehead atoms. The fraction of sp³-hybridized carbons (Fsp3) is 0.320. The average Bonchev–Trinajstić information content (AvgIpc) is 2.81. The highest BCUT2D eigenvalue weighted by molar-refractivity contribution is 9.10. The summed E-state index contributed by atoms with van der Waals surface area (Å²) in [6.45, 7) is 6.47. The molecule has 1 aliphatic heterocycles. The maximum atomic E-state index is 13.8. The van der Waals surface area contributed by atoms with Gasteiger partial charge >= 0.3 is 6.03 Å². The number of nitrogens with one attached hydrogen (secondary N) is 1. The molecule has 1 aromatic heterocycles. The van der Waals surface area contributed by atoms with Crippen LogP contribution >= 0.6 is 15.9 Å². The third-order valence-corrected chi connectivity index (χ3v) is 6.46. The van der Waals surface area contributed by atoms with Crippen molar-refractivity contribution in [2.45, 2.75) is 26.7 Å². The molecule has 0 aliphatic carbocycles. The largest absolute Gasteiger partial charge is 0.353 e. The molecule has 1 saturated heterocycles. The fourth-order valence-electron chi connectivity index (χ4n) is 4.10. The number of carbonyl (C=O) groups is 1. The van der Waals surface area contributed by atoms with Crippen LogP contribution in [-0.2, 0) is 12.8 Å². The fourth-order valence-corrected chi connectivity index (χ4v) is 4.49. The van der Waals surface area contributed by atoms with Gasteiger partial charge in [-0.25, -0.2) is 19.2 Å². The van der Waals surface area contributed by atoms with Gasteiger partial charge in [0.1, 0.15) is 17.5 Å². The van der Waals surface area contributed by atoms with Gasteiger partial charge in [0.15, 0.2) is 0 Å². The molecule has 0 spiro atoms. The number of rotatable bonds is 5. The Morgan fingerprint density at radius 2 is 1.85 bits per heavy atom. The number of halogens is 2. The molecule has 6 nitrogen and oxygen atoms in total. The Morgan fingerprint density at radius 1 is 1.09 bits per heavy atom. The molecule has 4 rings (SSSR count). The van der Waals surface area contributed by atoms with Crippen molar-refractivity contribution in [2.75, 3.05) is 36.4 Å². The number of nitrogens with zero attached hydrogens (tertiary/aromatic N) is 4. The van der Waals surface area contributed by atoms with Crippen LogP contribution in [-0.4, -0.2) is 47.1 Å². The molecule has 33 heavy (non-hydrogen) atoms. The van der Waals surface area contributed by atoms with Crippen LogP contribution in [0.3, 0.4) is 0 Å². The number of piperazine rings is 1. The van der Waals surface area contributed by atoms with Gasteiger partial charge in [-0.05, 0) is 59.1 Å². The predicted octanol–water partition coefficient (Wildman–Crippen LogP) is 5.19. The van der Waals surface area contributed by atoms with Crippen molar-refractivity contribution in [3.63, 3.8) is 0 Å². The van der Waals surface area contributed by atoms with E-state index in [1.807, 2.05) is 42.2 Å². The first-order valence-corrected chi connectivity index (χ1v) is 11.9. The SMILES string of the molecule is CCc1nc(C)nc(N2CCN(C(=O)Nc3ccccc3Br)CC2)c1Cc1cccc(F)c1. The van der Waals surface area contributed by atoms with Gasteiger partial charge in [-0.1, -0.05) is 31.2 Å². The zero-order valence-electron chi connectivity index (χ0n) is 18.8. The van der Waals surface area contributed by atoms with Gasteiger partial charge in [0.25, 0.3) is 0 Å². The Kier molecular flexibility index (Phi) is 7.23. The van der Waals surface area contributed by atoms with Gasteiger partial charge in [-0.2, -0.15) is 0 Å². The Morgan fingerprint density at radius 3 is 2.55 bits per heavy atom. The molecule has 2 amide bonds. The minimum absolute atomic E-state index is 0.116. The van der Waals surface area contributed by atoms with Crippen LogP contribution in [0.1, 0.15) is 29.6 Å². The van der Waals surface area contributed by atoms with E-state index in [2.05, 4.69) is 38.1 Å². The molecular weight excluding hydrogens is 485 g/mol. The smallest absolute Gasteiger partial charge is 0.321 e. The summed E-state index contributed by atoms with van der Waals surface area (Å²) in [6, 6.07) is 14.1. The van der Waals surface area contributed by atoms with Gasteiger partial charge < -0.3 is 15.1 Å². The highest BCUT2D eigenvalue weighted by atomic mass is 79.9. The number of carbonyl (C=O) groups excluding carboxylic acids is 1. The average molecular weight is 512 g/mol. The number of hydrogen-bond donors (Lipinski definition) is 1. The Labute approximate surface area is 202 Å². The number of hydrogen-bond acceptors (Lipinski definition) is 4. The van der Waals surface area contributed by atoms with Crippen LogP contribution in [0.25, 0.3) is 0 Å². The summed E-state index contributed by atoms with van der Waals surface area (Å²) in [4.78, 5) is 26.2. The molecule has 2 heterocycles. The Hall–Kier alpha value is -3.00. The maximum Gasteiger partial charge on any atom is 0.321 e. The van der Waals surface area contributed by atoms with E-state index >= 15 is 0 Å². The summed E-state index contributed by atoms with van der Waals surface area (Å²) in [5.41, 5.74) is 3.65. The molecule has 172 valence electrons. The van der Waals surface area contributed by atoms with E-state index in [-0.39, 0.29) is 11.8 Å². The third kappa shape index (κ3) is 5.50. The predicted molar refractivity (Wildman–Crippen MR) is 132 cm³/mol. The zero-order chi connectivity index (χ0) is 23.4. The lowest BCUT2D eigenvalue weighted by atomic mass is 10.0. The minimum Gasteiger partial charge on any atom is -0.353 e. The van der Waals surface area contributed by atoms with E-state index in [1.54, 1.807) is 12.1 Å². The van der Waals surface area contributed by atoms with E-state index in [9.17, 15) is 9.18 Å². The molecule has 1 aliphatic rings. The lowest BCUT2D eigenvalue weighted by Crippen LogP contribution is -2.50. The van der Waals surface area contributed by atoms with Crippen LogP contribution in [0.4, 0.5) is 20.7 Å². The highest BCUT2D eigenvalue weighted by Gasteiger charge is 2.25. The second-order valence-electron chi connectivity index (χ2n) is 8.06.